The Morgan fingerprint density at radius 1 is 1.54 bits per heavy atom. The van der Waals surface area contributed by atoms with Gasteiger partial charge in [-0.3, -0.25) is 10.2 Å². The minimum absolute atomic E-state index is 0.0445. The number of hydrogen-bond acceptors (Lipinski definition) is 3. The minimum atomic E-state index is -0.164. The molecule has 0 heterocycles. The molecular weight excluding hydrogens is 168 g/mol. The Labute approximate surface area is 79.0 Å². The highest BCUT2D eigenvalue weighted by atomic mass is 16.5. The van der Waals surface area contributed by atoms with Crippen LogP contribution in [0.25, 0.3) is 0 Å². The summed E-state index contributed by atoms with van der Waals surface area (Å²) in [5.74, 6) is 0.00510. The van der Waals surface area contributed by atoms with Gasteiger partial charge in [-0.2, -0.15) is 0 Å². The van der Waals surface area contributed by atoms with Crippen molar-refractivity contribution >= 4 is 11.8 Å². The Bertz CT molecular complexity index is 180. The first-order valence-corrected chi connectivity index (χ1v) is 4.48. The van der Waals surface area contributed by atoms with Crippen LogP contribution in [-0.4, -0.2) is 18.9 Å². The second-order valence-corrected chi connectivity index (χ2v) is 3.20. The Morgan fingerprint density at radius 2 is 2.15 bits per heavy atom. The van der Waals surface area contributed by atoms with Crippen LogP contribution >= 0.6 is 0 Å². The van der Waals surface area contributed by atoms with Crippen molar-refractivity contribution in [2.24, 2.45) is 11.7 Å². The Hall–Kier alpha value is -1.06. The molecule has 0 aromatic rings. The number of esters is 1. The number of unbranched alkanes of at least 4 members (excludes halogenated alkanes) is 1. The minimum Gasteiger partial charge on any atom is -0.469 e. The zero-order valence-corrected chi connectivity index (χ0v) is 8.30. The average Bonchev–Trinajstić information content (AvgIpc) is 2.10. The maximum Gasteiger partial charge on any atom is 0.308 e. The predicted molar refractivity (Wildman–Crippen MR) is 51.6 cm³/mol. The molecule has 0 aliphatic carbocycles. The molecular formula is C9H18N2O2. The zero-order valence-electron chi connectivity index (χ0n) is 8.30. The summed E-state index contributed by atoms with van der Waals surface area (Å²) in [5.41, 5.74) is 5.19. The topological polar surface area (TPSA) is 76.2 Å². The van der Waals surface area contributed by atoms with Crippen molar-refractivity contribution in [2.75, 3.05) is 7.11 Å². The summed E-state index contributed by atoms with van der Waals surface area (Å²) >= 11 is 0. The first kappa shape index (κ1) is 11.9. The molecule has 0 aliphatic rings. The van der Waals surface area contributed by atoms with Crippen molar-refractivity contribution in [3.05, 3.63) is 0 Å². The van der Waals surface area contributed by atoms with E-state index in [1.807, 2.05) is 6.92 Å². The Balaban J connectivity index is 3.42. The molecule has 4 heteroatoms. The lowest BCUT2D eigenvalue weighted by molar-refractivity contribution is -0.145. The van der Waals surface area contributed by atoms with Gasteiger partial charge in [-0.05, 0) is 12.8 Å². The van der Waals surface area contributed by atoms with Gasteiger partial charge in [0.25, 0.3) is 0 Å². The molecule has 0 saturated heterocycles. The van der Waals surface area contributed by atoms with Gasteiger partial charge in [0.15, 0.2) is 0 Å². The SMILES string of the molecule is COC(=O)C(C)CCCCC(=N)N. The molecule has 0 rings (SSSR count). The summed E-state index contributed by atoms with van der Waals surface area (Å²) in [7, 11) is 1.40. The van der Waals surface area contributed by atoms with Crippen LogP contribution in [0.3, 0.4) is 0 Å². The highest BCUT2D eigenvalue weighted by molar-refractivity contribution is 5.76. The number of carbonyl (C=O) groups is 1. The van der Waals surface area contributed by atoms with Crippen LogP contribution < -0.4 is 5.73 Å². The third-order valence-corrected chi connectivity index (χ3v) is 1.94. The van der Waals surface area contributed by atoms with Crippen LogP contribution in [0.15, 0.2) is 0 Å². The van der Waals surface area contributed by atoms with E-state index < -0.39 is 0 Å². The van der Waals surface area contributed by atoms with Crippen molar-refractivity contribution in [1.82, 2.24) is 0 Å². The number of carbonyl (C=O) groups excluding carboxylic acids is 1. The van der Waals surface area contributed by atoms with Crippen LogP contribution in [0.5, 0.6) is 0 Å². The maximum atomic E-state index is 11.0. The summed E-state index contributed by atoms with van der Waals surface area (Å²) < 4.78 is 4.58. The normalized spacial score (nSPS) is 12.2. The van der Waals surface area contributed by atoms with Gasteiger partial charge >= 0.3 is 5.97 Å². The van der Waals surface area contributed by atoms with Gasteiger partial charge in [0.05, 0.1) is 18.9 Å². The molecule has 4 nitrogen and oxygen atoms in total. The van der Waals surface area contributed by atoms with E-state index in [1.54, 1.807) is 0 Å². The number of ether oxygens (including phenoxy) is 1. The molecule has 76 valence electrons. The fraction of sp³-hybridized carbons (Fsp3) is 0.778. The molecule has 13 heavy (non-hydrogen) atoms. The second kappa shape index (κ2) is 6.46. The monoisotopic (exact) mass is 186 g/mol. The Kier molecular flexibility index (Phi) is 5.93. The van der Waals surface area contributed by atoms with Crippen molar-refractivity contribution in [3.63, 3.8) is 0 Å². The molecule has 0 aromatic heterocycles. The molecule has 0 amide bonds. The molecule has 0 bridgehead atoms. The fourth-order valence-electron chi connectivity index (χ4n) is 1.09. The largest absolute Gasteiger partial charge is 0.469 e. The number of nitrogens with one attached hydrogen (secondary N) is 1. The van der Waals surface area contributed by atoms with Crippen LogP contribution in [-0.2, 0) is 9.53 Å². The highest BCUT2D eigenvalue weighted by Crippen LogP contribution is 2.10. The van der Waals surface area contributed by atoms with Gasteiger partial charge in [0, 0.05) is 6.42 Å². The summed E-state index contributed by atoms with van der Waals surface area (Å²) in [6.45, 7) is 1.85. The van der Waals surface area contributed by atoms with Gasteiger partial charge in [-0.15, -0.1) is 0 Å². The molecule has 0 spiro atoms. The lowest BCUT2D eigenvalue weighted by Gasteiger charge is -2.07. The van der Waals surface area contributed by atoms with E-state index in [9.17, 15) is 4.79 Å². The van der Waals surface area contributed by atoms with E-state index in [0.717, 1.165) is 19.3 Å². The predicted octanol–water partition coefficient (Wildman–Crippen LogP) is 1.29. The average molecular weight is 186 g/mol. The number of hydrogen-bond donors (Lipinski definition) is 2. The number of amidine groups is 1. The van der Waals surface area contributed by atoms with Crippen LogP contribution in [0, 0.1) is 11.3 Å². The summed E-state index contributed by atoms with van der Waals surface area (Å²) in [4.78, 5) is 11.0. The number of rotatable bonds is 6. The van der Waals surface area contributed by atoms with E-state index in [-0.39, 0.29) is 17.7 Å². The van der Waals surface area contributed by atoms with E-state index >= 15 is 0 Å². The van der Waals surface area contributed by atoms with Gasteiger partial charge < -0.3 is 10.5 Å². The molecule has 3 N–H and O–H groups in total. The van der Waals surface area contributed by atoms with E-state index in [1.165, 1.54) is 7.11 Å². The van der Waals surface area contributed by atoms with E-state index in [2.05, 4.69) is 4.74 Å². The first-order valence-electron chi connectivity index (χ1n) is 4.48. The van der Waals surface area contributed by atoms with E-state index in [0.29, 0.717) is 6.42 Å². The first-order chi connectivity index (χ1) is 6.07. The molecule has 0 aliphatic heterocycles. The third-order valence-electron chi connectivity index (χ3n) is 1.94. The van der Waals surface area contributed by atoms with Crippen molar-refractivity contribution in [3.8, 4) is 0 Å². The van der Waals surface area contributed by atoms with Crippen LogP contribution in [0.1, 0.15) is 32.6 Å². The fourth-order valence-corrected chi connectivity index (χ4v) is 1.09. The summed E-state index contributed by atoms with van der Waals surface area (Å²) in [5, 5.41) is 6.99. The van der Waals surface area contributed by atoms with Gasteiger partial charge in [-0.25, -0.2) is 0 Å². The number of nitrogens with two attached hydrogens (primary N) is 1. The maximum absolute atomic E-state index is 11.0. The number of methoxy groups -OCH3 is 1. The second-order valence-electron chi connectivity index (χ2n) is 3.20. The smallest absolute Gasteiger partial charge is 0.308 e. The van der Waals surface area contributed by atoms with Crippen molar-refractivity contribution < 1.29 is 9.53 Å². The highest BCUT2D eigenvalue weighted by Gasteiger charge is 2.11. The van der Waals surface area contributed by atoms with E-state index in [4.69, 9.17) is 11.1 Å². The standard InChI is InChI=1S/C9H18N2O2/c1-7(9(12)13-2)5-3-4-6-8(10)11/h7H,3-6H2,1-2H3,(H3,10,11). The Morgan fingerprint density at radius 3 is 2.62 bits per heavy atom. The zero-order chi connectivity index (χ0) is 10.3. The van der Waals surface area contributed by atoms with Gasteiger partial charge in [0.2, 0.25) is 0 Å². The molecule has 0 saturated carbocycles. The van der Waals surface area contributed by atoms with Gasteiger partial charge in [0.1, 0.15) is 0 Å². The summed E-state index contributed by atoms with van der Waals surface area (Å²) in [6, 6.07) is 0. The molecule has 0 radical (unpaired) electrons. The lowest BCUT2D eigenvalue weighted by Crippen LogP contribution is -2.13. The summed E-state index contributed by atoms with van der Waals surface area (Å²) in [6.07, 6.45) is 3.21. The quantitative estimate of drug-likeness (QED) is 0.284. The molecule has 0 aromatic carbocycles. The lowest BCUT2D eigenvalue weighted by atomic mass is 10.0. The van der Waals surface area contributed by atoms with Crippen molar-refractivity contribution in [2.45, 2.75) is 32.6 Å². The molecule has 1 unspecified atom stereocenters. The third kappa shape index (κ3) is 6.13. The van der Waals surface area contributed by atoms with Crippen LogP contribution in [0.2, 0.25) is 0 Å². The molecule has 1 atom stereocenters. The van der Waals surface area contributed by atoms with Crippen LogP contribution in [0.4, 0.5) is 0 Å². The van der Waals surface area contributed by atoms with Crippen molar-refractivity contribution in [1.29, 1.82) is 5.41 Å². The molecule has 0 fully saturated rings. The van der Waals surface area contributed by atoms with Gasteiger partial charge in [-0.1, -0.05) is 13.3 Å².